The summed E-state index contributed by atoms with van der Waals surface area (Å²) in [5.41, 5.74) is 0. The molecule has 0 spiro atoms. The summed E-state index contributed by atoms with van der Waals surface area (Å²) in [5, 5.41) is 9.65. The number of hydrogen-bond acceptors (Lipinski definition) is 4. The molecule has 0 fully saturated rings. The predicted molar refractivity (Wildman–Crippen MR) is 58.6 cm³/mol. The van der Waals surface area contributed by atoms with Crippen LogP contribution in [0.2, 0.25) is 0 Å². The Balaban J connectivity index is 2.35. The molecule has 88 valence electrons. The van der Waals surface area contributed by atoms with Crippen molar-refractivity contribution in [2.75, 3.05) is 6.61 Å². The highest BCUT2D eigenvalue weighted by atomic mass is 16.9. The Morgan fingerprint density at radius 2 is 2.12 bits per heavy atom. The molecule has 1 N–H and O–H groups in total. The maximum atomic E-state index is 9.65. The lowest BCUT2D eigenvalue weighted by Crippen LogP contribution is -2.46. The largest absolute Gasteiger partial charge is 0.504 e. The van der Waals surface area contributed by atoms with Gasteiger partial charge in [0.05, 0.1) is 12.5 Å². The van der Waals surface area contributed by atoms with Gasteiger partial charge < -0.3 is 19.3 Å². The summed E-state index contributed by atoms with van der Waals surface area (Å²) in [6.45, 7) is 6.24. The second-order valence-corrected chi connectivity index (χ2v) is 4.00. The summed E-state index contributed by atoms with van der Waals surface area (Å²) in [6, 6.07) is 5.02. The van der Waals surface area contributed by atoms with Crippen LogP contribution in [0.5, 0.6) is 17.2 Å². The Morgan fingerprint density at radius 3 is 2.69 bits per heavy atom. The van der Waals surface area contributed by atoms with Gasteiger partial charge in [0.2, 0.25) is 5.75 Å². The van der Waals surface area contributed by atoms with E-state index >= 15 is 0 Å². The topological polar surface area (TPSA) is 47.9 Å². The molecule has 1 heterocycles. The van der Waals surface area contributed by atoms with Crippen molar-refractivity contribution in [3.05, 3.63) is 18.2 Å². The quantitative estimate of drug-likeness (QED) is 0.857. The fraction of sp³-hybridized carbons (Fsp3) is 0.500. The highest BCUT2D eigenvalue weighted by Gasteiger charge is 2.47. The number of phenols is 1. The molecule has 0 aromatic heterocycles. The molecule has 4 nitrogen and oxygen atoms in total. The van der Waals surface area contributed by atoms with Gasteiger partial charge in [-0.1, -0.05) is 19.9 Å². The van der Waals surface area contributed by atoms with Crippen molar-refractivity contribution in [3.8, 4) is 17.2 Å². The van der Waals surface area contributed by atoms with Crippen molar-refractivity contribution >= 4 is 0 Å². The van der Waals surface area contributed by atoms with E-state index in [0.717, 1.165) is 0 Å². The van der Waals surface area contributed by atoms with Gasteiger partial charge in [-0.2, -0.15) is 0 Å². The monoisotopic (exact) mass is 224 g/mol. The maximum Gasteiger partial charge on any atom is 0.374 e. The third-order valence-corrected chi connectivity index (χ3v) is 2.51. The van der Waals surface area contributed by atoms with E-state index in [4.69, 9.17) is 14.2 Å². The molecular formula is C12H16O4. The van der Waals surface area contributed by atoms with Gasteiger partial charge in [0.15, 0.2) is 11.5 Å². The second kappa shape index (κ2) is 3.87. The van der Waals surface area contributed by atoms with Crippen LogP contribution in [0, 0.1) is 5.92 Å². The summed E-state index contributed by atoms with van der Waals surface area (Å²) < 4.78 is 16.8. The van der Waals surface area contributed by atoms with E-state index < -0.39 is 5.97 Å². The molecule has 2 rings (SSSR count). The Morgan fingerprint density at radius 1 is 1.38 bits per heavy atom. The van der Waals surface area contributed by atoms with Gasteiger partial charge in [0.1, 0.15) is 0 Å². The van der Waals surface area contributed by atoms with Gasteiger partial charge in [-0.05, 0) is 19.1 Å². The fourth-order valence-corrected chi connectivity index (χ4v) is 1.67. The molecule has 1 aliphatic heterocycles. The van der Waals surface area contributed by atoms with Crippen LogP contribution in [0.15, 0.2) is 18.2 Å². The van der Waals surface area contributed by atoms with Crippen LogP contribution in [-0.2, 0) is 4.74 Å². The molecule has 16 heavy (non-hydrogen) atoms. The Labute approximate surface area is 94.8 Å². The lowest BCUT2D eigenvalue weighted by atomic mass is 10.2. The summed E-state index contributed by atoms with van der Waals surface area (Å²) in [6.07, 6.45) is 0. The number of benzene rings is 1. The molecule has 0 amide bonds. The van der Waals surface area contributed by atoms with Crippen LogP contribution in [0.25, 0.3) is 0 Å². The van der Waals surface area contributed by atoms with Gasteiger partial charge in [-0.25, -0.2) is 0 Å². The fourth-order valence-electron chi connectivity index (χ4n) is 1.67. The first-order valence-corrected chi connectivity index (χ1v) is 5.43. The molecular weight excluding hydrogens is 208 g/mol. The standard InChI is InChI=1S/C12H16O4/c1-4-14-12(8(2)3)15-10-7-5-6-9(13)11(10)16-12/h5-8,13H,4H2,1-3H3. The molecule has 1 aromatic rings. The number of fused-ring (bicyclic) bond motifs is 1. The number of phenolic OH excluding ortho intramolecular Hbond substituents is 1. The molecule has 1 aromatic carbocycles. The average Bonchev–Trinajstić information content (AvgIpc) is 2.60. The first-order chi connectivity index (χ1) is 7.59. The van der Waals surface area contributed by atoms with Gasteiger partial charge in [0.25, 0.3) is 0 Å². The van der Waals surface area contributed by atoms with Crippen LogP contribution in [0.1, 0.15) is 20.8 Å². The minimum atomic E-state index is -1.12. The van der Waals surface area contributed by atoms with Crippen molar-refractivity contribution in [3.63, 3.8) is 0 Å². The molecule has 1 aliphatic rings. The first-order valence-electron chi connectivity index (χ1n) is 5.43. The van der Waals surface area contributed by atoms with Gasteiger partial charge in [0, 0.05) is 0 Å². The molecule has 0 radical (unpaired) electrons. The van der Waals surface area contributed by atoms with Crippen LogP contribution >= 0.6 is 0 Å². The molecule has 1 unspecified atom stereocenters. The lowest BCUT2D eigenvalue weighted by Gasteiger charge is -2.29. The highest BCUT2D eigenvalue weighted by molar-refractivity contribution is 5.52. The van der Waals surface area contributed by atoms with E-state index in [-0.39, 0.29) is 11.7 Å². The summed E-state index contributed by atoms with van der Waals surface area (Å²) in [7, 11) is 0. The van der Waals surface area contributed by atoms with E-state index in [1.54, 1.807) is 18.2 Å². The van der Waals surface area contributed by atoms with Crippen LogP contribution < -0.4 is 9.47 Å². The number of para-hydroxylation sites is 1. The van der Waals surface area contributed by atoms with Crippen molar-refractivity contribution in [2.45, 2.75) is 26.7 Å². The number of ether oxygens (including phenoxy) is 3. The van der Waals surface area contributed by atoms with Crippen molar-refractivity contribution < 1.29 is 19.3 Å². The highest BCUT2D eigenvalue weighted by Crippen LogP contribution is 2.47. The van der Waals surface area contributed by atoms with E-state index in [1.165, 1.54) is 0 Å². The number of rotatable bonds is 3. The Kier molecular flexibility index (Phi) is 2.68. The smallest absolute Gasteiger partial charge is 0.374 e. The zero-order chi connectivity index (χ0) is 11.8. The van der Waals surface area contributed by atoms with Crippen molar-refractivity contribution in [1.29, 1.82) is 0 Å². The zero-order valence-corrected chi connectivity index (χ0v) is 9.69. The van der Waals surface area contributed by atoms with E-state index in [9.17, 15) is 5.11 Å². The molecule has 0 saturated heterocycles. The van der Waals surface area contributed by atoms with Crippen molar-refractivity contribution in [2.24, 2.45) is 5.92 Å². The molecule has 0 saturated carbocycles. The van der Waals surface area contributed by atoms with Crippen LogP contribution in [0.4, 0.5) is 0 Å². The Hall–Kier alpha value is -1.42. The summed E-state index contributed by atoms with van der Waals surface area (Å²) in [4.78, 5) is 0. The minimum Gasteiger partial charge on any atom is -0.504 e. The van der Waals surface area contributed by atoms with Gasteiger partial charge in [-0.15, -0.1) is 0 Å². The van der Waals surface area contributed by atoms with Crippen molar-refractivity contribution in [1.82, 2.24) is 0 Å². The lowest BCUT2D eigenvalue weighted by molar-refractivity contribution is -0.305. The number of hydrogen-bond donors (Lipinski definition) is 1. The van der Waals surface area contributed by atoms with E-state index in [0.29, 0.717) is 18.1 Å². The van der Waals surface area contributed by atoms with Gasteiger partial charge in [-0.3, -0.25) is 0 Å². The first kappa shape index (κ1) is 11.1. The van der Waals surface area contributed by atoms with E-state index in [1.807, 2.05) is 20.8 Å². The molecule has 1 atom stereocenters. The normalized spacial score (nSPS) is 22.8. The second-order valence-electron chi connectivity index (χ2n) is 4.00. The average molecular weight is 224 g/mol. The third kappa shape index (κ3) is 1.59. The van der Waals surface area contributed by atoms with Crippen LogP contribution in [-0.4, -0.2) is 17.7 Å². The number of aromatic hydroxyl groups is 1. The summed E-state index contributed by atoms with van der Waals surface area (Å²) >= 11 is 0. The SMILES string of the molecule is CCOC1(C(C)C)Oc2cccc(O)c2O1. The maximum absolute atomic E-state index is 9.65. The Bertz CT molecular complexity index is 389. The van der Waals surface area contributed by atoms with Gasteiger partial charge >= 0.3 is 5.97 Å². The molecule has 0 bridgehead atoms. The predicted octanol–water partition coefficient (Wildman–Crippen LogP) is 2.51. The minimum absolute atomic E-state index is 0.0132. The van der Waals surface area contributed by atoms with Crippen LogP contribution in [0.3, 0.4) is 0 Å². The van der Waals surface area contributed by atoms with E-state index in [2.05, 4.69) is 0 Å². The zero-order valence-electron chi connectivity index (χ0n) is 9.69. The third-order valence-electron chi connectivity index (χ3n) is 2.51. The summed E-state index contributed by atoms with van der Waals surface area (Å²) in [5.74, 6) is -0.165. The molecule has 4 heteroatoms. The molecule has 0 aliphatic carbocycles.